The first kappa shape index (κ1) is 17.5. The third-order valence-electron chi connectivity index (χ3n) is 2.82. The van der Waals surface area contributed by atoms with Crippen LogP contribution in [0.1, 0.15) is 45.7 Å². The summed E-state index contributed by atoms with van der Waals surface area (Å²) in [4.78, 5) is 11.5. The van der Waals surface area contributed by atoms with E-state index in [1.165, 1.54) is 11.1 Å². The van der Waals surface area contributed by atoms with Crippen molar-refractivity contribution < 1.29 is 9.53 Å². The maximum atomic E-state index is 11.5. The molecular formula is C17H28N2O2. The Hall–Kier alpha value is -1.55. The van der Waals surface area contributed by atoms with Crippen LogP contribution >= 0.6 is 0 Å². The number of alkyl carbamates (subject to hydrolysis) is 1. The monoisotopic (exact) mass is 292 g/mol. The molecule has 21 heavy (non-hydrogen) atoms. The summed E-state index contributed by atoms with van der Waals surface area (Å²) in [6.45, 7) is 11.3. The van der Waals surface area contributed by atoms with Gasteiger partial charge in [-0.25, -0.2) is 4.79 Å². The molecule has 0 fully saturated rings. The SMILES string of the molecule is CC(C)NCc1ccc(CCNC(=O)OC(C)(C)C)cc1. The first-order valence-corrected chi connectivity index (χ1v) is 7.54. The molecule has 0 heterocycles. The molecule has 1 aromatic carbocycles. The summed E-state index contributed by atoms with van der Waals surface area (Å²) in [5.41, 5.74) is 2.03. The summed E-state index contributed by atoms with van der Waals surface area (Å²) >= 11 is 0. The van der Waals surface area contributed by atoms with Crippen molar-refractivity contribution >= 4 is 6.09 Å². The van der Waals surface area contributed by atoms with E-state index < -0.39 is 5.60 Å². The molecule has 0 saturated carbocycles. The number of rotatable bonds is 6. The van der Waals surface area contributed by atoms with Gasteiger partial charge < -0.3 is 15.4 Å². The summed E-state index contributed by atoms with van der Waals surface area (Å²) in [6, 6.07) is 8.95. The lowest BCUT2D eigenvalue weighted by Gasteiger charge is -2.19. The van der Waals surface area contributed by atoms with Crippen LogP contribution in [-0.4, -0.2) is 24.3 Å². The minimum absolute atomic E-state index is 0.361. The average Bonchev–Trinajstić information content (AvgIpc) is 2.35. The highest BCUT2D eigenvalue weighted by Crippen LogP contribution is 2.07. The maximum Gasteiger partial charge on any atom is 0.407 e. The number of carbonyl (C=O) groups excluding carboxylic acids is 1. The Kier molecular flexibility index (Phi) is 6.69. The maximum absolute atomic E-state index is 11.5. The van der Waals surface area contributed by atoms with Gasteiger partial charge in [-0.3, -0.25) is 0 Å². The van der Waals surface area contributed by atoms with Crippen molar-refractivity contribution in [2.75, 3.05) is 6.54 Å². The van der Waals surface area contributed by atoms with E-state index in [1.54, 1.807) is 0 Å². The molecule has 4 nitrogen and oxygen atoms in total. The van der Waals surface area contributed by atoms with Crippen molar-refractivity contribution in [1.82, 2.24) is 10.6 Å². The summed E-state index contributed by atoms with van der Waals surface area (Å²) in [6.07, 6.45) is 0.442. The van der Waals surface area contributed by atoms with Gasteiger partial charge in [-0.05, 0) is 38.3 Å². The number of ether oxygens (including phenoxy) is 1. The van der Waals surface area contributed by atoms with Gasteiger partial charge in [0.15, 0.2) is 0 Å². The van der Waals surface area contributed by atoms with E-state index in [4.69, 9.17) is 4.74 Å². The van der Waals surface area contributed by atoms with Gasteiger partial charge in [0.05, 0.1) is 0 Å². The number of carbonyl (C=O) groups is 1. The number of nitrogens with one attached hydrogen (secondary N) is 2. The van der Waals surface area contributed by atoms with Crippen LogP contribution in [0, 0.1) is 0 Å². The summed E-state index contributed by atoms with van der Waals surface area (Å²) in [5, 5.41) is 6.16. The lowest BCUT2D eigenvalue weighted by Crippen LogP contribution is -2.33. The van der Waals surface area contributed by atoms with Crippen molar-refractivity contribution in [1.29, 1.82) is 0 Å². The Labute approximate surface area is 128 Å². The number of hydrogen-bond acceptors (Lipinski definition) is 3. The van der Waals surface area contributed by atoms with Gasteiger partial charge in [0.1, 0.15) is 5.60 Å². The molecule has 0 radical (unpaired) electrons. The Morgan fingerprint density at radius 3 is 2.24 bits per heavy atom. The van der Waals surface area contributed by atoms with E-state index in [2.05, 4.69) is 48.7 Å². The first-order chi connectivity index (χ1) is 9.76. The van der Waals surface area contributed by atoms with E-state index in [-0.39, 0.29) is 6.09 Å². The second kappa shape index (κ2) is 8.03. The van der Waals surface area contributed by atoms with Crippen molar-refractivity contribution in [3.8, 4) is 0 Å². The number of amides is 1. The number of benzene rings is 1. The van der Waals surface area contributed by atoms with Gasteiger partial charge in [0.2, 0.25) is 0 Å². The fourth-order valence-electron chi connectivity index (χ4n) is 1.77. The molecule has 0 saturated heterocycles. The van der Waals surface area contributed by atoms with E-state index >= 15 is 0 Å². The smallest absolute Gasteiger partial charge is 0.407 e. The Morgan fingerprint density at radius 2 is 1.71 bits per heavy atom. The van der Waals surface area contributed by atoms with Crippen LogP contribution in [0.3, 0.4) is 0 Å². The van der Waals surface area contributed by atoms with E-state index in [1.807, 2.05) is 20.8 Å². The van der Waals surface area contributed by atoms with Gasteiger partial charge in [0, 0.05) is 19.1 Å². The first-order valence-electron chi connectivity index (χ1n) is 7.54. The lowest BCUT2D eigenvalue weighted by molar-refractivity contribution is 0.0528. The molecule has 4 heteroatoms. The van der Waals surface area contributed by atoms with Crippen molar-refractivity contribution in [3.05, 3.63) is 35.4 Å². The van der Waals surface area contributed by atoms with Gasteiger partial charge in [-0.1, -0.05) is 38.1 Å². The topological polar surface area (TPSA) is 50.4 Å². The van der Waals surface area contributed by atoms with Gasteiger partial charge in [-0.15, -0.1) is 0 Å². The van der Waals surface area contributed by atoms with Crippen LogP contribution in [0.15, 0.2) is 24.3 Å². The molecule has 118 valence electrons. The van der Waals surface area contributed by atoms with Gasteiger partial charge in [0.25, 0.3) is 0 Å². The van der Waals surface area contributed by atoms with Crippen LogP contribution in [0.25, 0.3) is 0 Å². The standard InChI is InChI=1S/C17H28N2O2/c1-13(2)19-12-15-8-6-14(7-9-15)10-11-18-16(20)21-17(3,4)5/h6-9,13,19H,10-12H2,1-5H3,(H,18,20). The third-order valence-corrected chi connectivity index (χ3v) is 2.82. The van der Waals surface area contributed by atoms with E-state index in [0.717, 1.165) is 13.0 Å². The van der Waals surface area contributed by atoms with Crippen molar-refractivity contribution in [2.45, 2.75) is 59.2 Å². The minimum Gasteiger partial charge on any atom is -0.444 e. The van der Waals surface area contributed by atoms with Crippen molar-refractivity contribution in [2.24, 2.45) is 0 Å². The van der Waals surface area contributed by atoms with Crippen LogP contribution in [-0.2, 0) is 17.7 Å². The molecule has 0 atom stereocenters. The Bertz CT molecular complexity index is 433. The fraction of sp³-hybridized carbons (Fsp3) is 0.588. The molecule has 2 N–H and O–H groups in total. The fourth-order valence-corrected chi connectivity index (χ4v) is 1.77. The molecule has 0 aliphatic heterocycles. The quantitative estimate of drug-likeness (QED) is 0.846. The highest BCUT2D eigenvalue weighted by atomic mass is 16.6. The lowest BCUT2D eigenvalue weighted by atomic mass is 10.1. The van der Waals surface area contributed by atoms with E-state index in [9.17, 15) is 4.79 Å². The Balaban J connectivity index is 2.31. The molecule has 1 amide bonds. The molecule has 0 spiro atoms. The molecule has 0 bridgehead atoms. The average molecular weight is 292 g/mol. The summed E-state index contributed by atoms with van der Waals surface area (Å²) in [7, 11) is 0. The summed E-state index contributed by atoms with van der Waals surface area (Å²) < 4.78 is 5.19. The zero-order valence-corrected chi connectivity index (χ0v) is 13.8. The predicted octanol–water partition coefficient (Wildman–Crippen LogP) is 3.25. The van der Waals surface area contributed by atoms with Crippen LogP contribution < -0.4 is 10.6 Å². The van der Waals surface area contributed by atoms with Crippen LogP contribution in [0.4, 0.5) is 4.79 Å². The highest BCUT2D eigenvalue weighted by Gasteiger charge is 2.15. The molecule has 1 rings (SSSR count). The van der Waals surface area contributed by atoms with E-state index in [0.29, 0.717) is 12.6 Å². The molecule has 0 aromatic heterocycles. The van der Waals surface area contributed by atoms with Gasteiger partial charge in [-0.2, -0.15) is 0 Å². The molecule has 0 unspecified atom stereocenters. The second-order valence-electron chi connectivity index (χ2n) is 6.53. The normalized spacial score (nSPS) is 11.5. The van der Waals surface area contributed by atoms with Crippen LogP contribution in [0.5, 0.6) is 0 Å². The second-order valence-corrected chi connectivity index (χ2v) is 6.53. The number of hydrogen-bond donors (Lipinski definition) is 2. The third kappa shape index (κ3) is 8.35. The summed E-state index contributed by atoms with van der Waals surface area (Å²) in [5.74, 6) is 0. The zero-order valence-electron chi connectivity index (χ0n) is 13.8. The predicted molar refractivity (Wildman–Crippen MR) is 86.4 cm³/mol. The van der Waals surface area contributed by atoms with Gasteiger partial charge >= 0.3 is 6.09 Å². The largest absolute Gasteiger partial charge is 0.444 e. The zero-order chi connectivity index (χ0) is 15.9. The Morgan fingerprint density at radius 1 is 1.14 bits per heavy atom. The molecular weight excluding hydrogens is 264 g/mol. The van der Waals surface area contributed by atoms with Crippen LogP contribution in [0.2, 0.25) is 0 Å². The molecule has 0 aliphatic rings. The minimum atomic E-state index is -0.449. The van der Waals surface area contributed by atoms with Crippen molar-refractivity contribution in [3.63, 3.8) is 0 Å². The molecule has 0 aliphatic carbocycles. The molecule has 1 aromatic rings. The highest BCUT2D eigenvalue weighted by molar-refractivity contribution is 5.67.